The normalized spacial score (nSPS) is 9.63. The van der Waals surface area contributed by atoms with Gasteiger partial charge in [-0.2, -0.15) is 5.26 Å². The fraction of sp³-hybridized carbons (Fsp3) is 0.143. The summed E-state index contributed by atoms with van der Waals surface area (Å²) in [6, 6.07) is 13.2. The Balaban J connectivity index is 1.85. The Morgan fingerprint density at radius 2 is 2.11 bits per heavy atom. The van der Waals surface area contributed by atoms with E-state index in [0.29, 0.717) is 30.2 Å². The van der Waals surface area contributed by atoms with Gasteiger partial charge in [-0.05, 0) is 18.2 Å². The van der Waals surface area contributed by atoms with Gasteiger partial charge in [-0.25, -0.2) is 4.98 Å². The summed E-state index contributed by atoms with van der Waals surface area (Å²) in [5.74, 6) is 1.34. The molecule has 1 heterocycles. The standard InChI is InChI=1S/C14H14N4O/c15-9-11-8-12(16)10-18-14(11)17-6-7-19-13-4-2-1-3-5-13/h1-5,8,10H,6-7,16H2,(H,17,18). The number of pyridine rings is 1. The molecule has 2 rings (SSSR count). The van der Waals surface area contributed by atoms with Gasteiger partial charge >= 0.3 is 0 Å². The van der Waals surface area contributed by atoms with Crippen molar-refractivity contribution >= 4 is 11.5 Å². The predicted octanol–water partition coefficient (Wildman–Crippen LogP) is 2.03. The number of rotatable bonds is 5. The average molecular weight is 254 g/mol. The molecular weight excluding hydrogens is 240 g/mol. The Morgan fingerprint density at radius 3 is 2.84 bits per heavy atom. The SMILES string of the molecule is N#Cc1cc(N)cnc1NCCOc1ccccc1. The second kappa shape index (κ2) is 6.26. The Bertz CT molecular complexity index is 578. The number of nitrogen functional groups attached to an aromatic ring is 1. The van der Waals surface area contributed by atoms with E-state index >= 15 is 0 Å². The number of anilines is 2. The van der Waals surface area contributed by atoms with Crippen LogP contribution in [-0.2, 0) is 0 Å². The zero-order chi connectivity index (χ0) is 13.5. The first-order valence-corrected chi connectivity index (χ1v) is 5.87. The molecule has 0 unspecified atom stereocenters. The van der Waals surface area contributed by atoms with E-state index in [1.165, 1.54) is 6.20 Å². The zero-order valence-electron chi connectivity index (χ0n) is 10.3. The molecule has 96 valence electrons. The summed E-state index contributed by atoms with van der Waals surface area (Å²) < 4.78 is 5.53. The van der Waals surface area contributed by atoms with Gasteiger partial charge < -0.3 is 15.8 Å². The van der Waals surface area contributed by atoms with Crippen molar-refractivity contribution in [3.05, 3.63) is 48.2 Å². The molecule has 0 amide bonds. The molecule has 19 heavy (non-hydrogen) atoms. The van der Waals surface area contributed by atoms with Crippen LogP contribution in [-0.4, -0.2) is 18.1 Å². The molecule has 0 saturated carbocycles. The van der Waals surface area contributed by atoms with Gasteiger partial charge in [-0.1, -0.05) is 18.2 Å². The number of nitrogens with one attached hydrogen (secondary N) is 1. The fourth-order valence-electron chi connectivity index (χ4n) is 1.56. The Hall–Kier alpha value is -2.74. The van der Waals surface area contributed by atoms with Crippen LogP contribution in [0.2, 0.25) is 0 Å². The molecule has 0 spiro atoms. The molecule has 0 radical (unpaired) electrons. The van der Waals surface area contributed by atoms with Crippen LogP contribution in [0.5, 0.6) is 5.75 Å². The molecular formula is C14H14N4O. The predicted molar refractivity (Wildman–Crippen MR) is 73.8 cm³/mol. The lowest BCUT2D eigenvalue weighted by molar-refractivity contribution is 0.333. The number of hydrogen-bond donors (Lipinski definition) is 2. The molecule has 2 aromatic rings. The van der Waals surface area contributed by atoms with E-state index in [1.54, 1.807) is 6.07 Å². The average Bonchev–Trinajstić information content (AvgIpc) is 2.46. The maximum absolute atomic E-state index is 8.96. The van der Waals surface area contributed by atoms with Gasteiger partial charge in [0.25, 0.3) is 0 Å². The molecule has 1 aromatic carbocycles. The summed E-state index contributed by atoms with van der Waals surface area (Å²) in [7, 11) is 0. The van der Waals surface area contributed by atoms with Crippen molar-refractivity contribution < 1.29 is 4.74 Å². The third kappa shape index (κ3) is 3.61. The van der Waals surface area contributed by atoms with Gasteiger partial charge in [-0.15, -0.1) is 0 Å². The first kappa shape index (κ1) is 12.7. The fourth-order valence-corrected chi connectivity index (χ4v) is 1.56. The third-order valence-electron chi connectivity index (χ3n) is 2.44. The summed E-state index contributed by atoms with van der Waals surface area (Å²) >= 11 is 0. The van der Waals surface area contributed by atoms with Crippen LogP contribution in [0.15, 0.2) is 42.6 Å². The first-order valence-electron chi connectivity index (χ1n) is 5.87. The first-order chi connectivity index (χ1) is 9.29. The minimum Gasteiger partial charge on any atom is -0.492 e. The quantitative estimate of drug-likeness (QED) is 0.797. The molecule has 0 atom stereocenters. The number of nitrogens with two attached hydrogens (primary N) is 1. The van der Waals surface area contributed by atoms with Crippen LogP contribution in [0, 0.1) is 11.3 Å². The van der Waals surface area contributed by atoms with E-state index in [0.717, 1.165) is 5.75 Å². The van der Waals surface area contributed by atoms with Gasteiger partial charge in [-0.3, -0.25) is 0 Å². The highest BCUT2D eigenvalue weighted by Crippen LogP contribution is 2.14. The number of nitrogens with zero attached hydrogens (tertiary/aromatic N) is 2. The molecule has 0 saturated heterocycles. The van der Waals surface area contributed by atoms with Crippen molar-refractivity contribution in [3.63, 3.8) is 0 Å². The van der Waals surface area contributed by atoms with Crippen molar-refractivity contribution in [2.24, 2.45) is 0 Å². The summed E-state index contributed by atoms with van der Waals surface area (Å²) in [5, 5.41) is 12.0. The lowest BCUT2D eigenvalue weighted by atomic mass is 10.2. The van der Waals surface area contributed by atoms with Crippen molar-refractivity contribution in [2.45, 2.75) is 0 Å². The second-order valence-corrected chi connectivity index (χ2v) is 3.86. The van der Waals surface area contributed by atoms with Crippen LogP contribution in [0.3, 0.4) is 0 Å². The van der Waals surface area contributed by atoms with Crippen molar-refractivity contribution in [1.29, 1.82) is 5.26 Å². The lowest BCUT2D eigenvalue weighted by Crippen LogP contribution is -2.13. The van der Waals surface area contributed by atoms with E-state index in [1.807, 2.05) is 36.4 Å². The van der Waals surface area contributed by atoms with Crippen LogP contribution < -0.4 is 15.8 Å². The summed E-state index contributed by atoms with van der Waals surface area (Å²) in [6.07, 6.45) is 1.52. The van der Waals surface area contributed by atoms with Gasteiger partial charge in [0, 0.05) is 0 Å². The van der Waals surface area contributed by atoms with E-state index < -0.39 is 0 Å². The Labute approximate surface area is 111 Å². The third-order valence-corrected chi connectivity index (χ3v) is 2.44. The Kier molecular flexibility index (Phi) is 4.19. The highest BCUT2D eigenvalue weighted by atomic mass is 16.5. The molecule has 5 heteroatoms. The summed E-state index contributed by atoms with van der Waals surface area (Å²) in [4.78, 5) is 4.08. The number of benzene rings is 1. The number of ether oxygens (including phenoxy) is 1. The molecule has 0 aliphatic heterocycles. The topological polar surface area (TPSA) is 84.0 Å². The number of aromatic nitrogens is 1. The van der Waals surface area contributed by atoms with Gasteiger partial charge in [0.05, 0.1) is 24.0 Å². The number of nitriles is 1. The maximum atomic E-state index is 8.96. The van der Waals surface area contributed by atoms with Crippen LogP contribution in [0.1, 0.15) is 5.56 Å². The van der Waals surface area contributed by atoms with Crippen molar-refractivity contribution in [2.75, 3.05) is 24.2 Å². The van der Waals surface area contributed by atoms with E-state index in [4.69, 9.17) is 15.7 Å². The van der Waals surface area contributed by atoms with Gasteiger partial charge in [0.2, 0.25) is 0 Å². The maximum Gasteiger partial charge on any atom is 0.144 e. The minimum absolute atomic E-state index is 0.430. The highest BCUT2D eigenvalue weighted by molar-refractivity contribution is 5.57. The number of hydrogen-bond acceptors (Lipinski definition) is 5. The molecule has 0 aliphatic carbocycles. The molecule has 5 nitrogen and oxygen atoms in total. The minimum atomic E-state index is 0.430. The van der Waals surface area contributed by atoms with E-state index in [9.17, 15) is 0 Å². The lowest BCUT2D eigenvalue weighted by Gasteiger charge is -2.09. The number of para-hydroxylation sites is 1. The largest absolute Gasteiger partial charge is 0.492 e. The molecule has 3 N–H and O–H groups in total. The Morgan fingerprint density at radius 1 is 1.32 bits per heavy atom. The van der Waals surface area contributed by atoms with Crippen molar-refractivity contribution in [3.8, 4) is 11.8 Å². The summed E-state index contributed by atoms with van der Waals surface area (Å²) in [5.41, 5.74) is 6.47. The molecule has 0 bridgehead atoms. The zero-order valence-corrected chi connectivity index (χ0v) is 10.3. The molecule has 0 aliphatic rings. The second-order valence-electron chi connectivity index (χ2n) is 3.86. The summed E-state index contributed by atoms with van der Waals surface area (Å²) in [6.45, 7) is 1.04. The van der Waals surface area contributed by atoms with E-state index in [2.05, 4.69) is 10.3 Å². The molecule has 1 aromatic heterocycles. The van der Waals surface area contributed by atoms with Gasteiger partial charge in [0.15, 0.2) is 0 Å². The molecule has 0 fully saturated rings. The van der Waals surface area contributed by atoms with Crippen LogP contribution in [0.25, 0.3) is 0 Å². The van der Waals surface area contributed by atoms with Crippen LogP contribution in [0.4, 0.5) is 11.5 Å². The smallest absolute Gasteiger partial charge is 0.144 e. The monoisotopic (exact) mass is 254 g/mol. The highest BCUT2D eigenvalue weighted by Gasteiger charge is 2.03. The van der Waals surface area contributed by atoms with Crippen molar-refractivity contribution in [1.82, 2.24) is 4.98 Å². The van der Waals surface area contributed by atoms with E-state index in [-0.39, 0.29) is 0 Å². The van der Waals surface area contributed by atoms with Gasteiger partial charge in [0.1, 0.15) is 24.2 Å². The van der Waals surface area contributed by atoms with Crippen LogP contribution >= 0.6 is 0 Å².